The predicted octanol–water partition coefficient (Wildman–Crippen LogP) is 2.69. The first-order valence-electron chi connectivity index (χ1n) is 7.32. The summed E-state index contributed by atoms with van der Waals surface area (Å²) in [5.74, 6) is -0.797. The average molecular weight is 290 g/mol. The Morgan fingerprint density at radius 3 is 2.48 bits per heavy atom. The van der Waals surface area contributed by atoms with Gasteiger partial charge in [0.05, 0.1) is 12.5 Å². The maximum absolute atomic E-state index is 11.9. The molecular formula is C16H22N2O3. The predicted molar refractivity (Wildman–Crippen MR) is 79.9 cm³/mol. The van der Waals surface area contributed by atoms with E-state index in [9.17, 15) is 9.59 Å². The number of nitrogens with one attached hydrogen (secondary N) is 2. The molecule has 1 saturated carbocycles. The highest BCUT2D eigenvalue weighted by Gasteiger charge is 2.39. The molecule has 2 rings (SSSR count). The largest absolute Gasteiger partial charge is 0.481 e. The lowest BCUT2D eigenvalue weighted by atomic mass is 9.66. The van der Waals surface area contributed by atoms with Gasteiger partial charge < -0.3 is 15.7 Å². The maximum atomic E-state index is 11.9. The van der Waals surface area contributed by atoms with Gasteiger partial charge in [0.1, 0.15) is 0 Å². The van der Waals surface area contributed by atoms with Gasteiger partial charge in [0, 0.05) is 6.54 Å². The second-order valence-corrected chi connectivity index (χ2v) is 5.88. The van der Waals surface area contributed by atoms with Crippen LogP contribution in [0.25, 0.3) is 0 Å². The Bertz CT molecular complexity index is 498. The minimum absolute atomic E-state index is 0.0805. The lowest BCUT2D eigenvalue weighted by Crippen LogP contribution is -2.47. The van der Waals surface area contributed by atoms with Crippen LogP contribution in [0.3, 0.4) is 0 Å². The molecular weight excluding hydrogens is 268 g/mol. The summed E-state index contributed by atoms with van der Waals surface area (Å²) >= 11 is 0. The van der Waals surface area contributed by atoms with Gasteiger partial charge in [-0.15, -0.1) is 0 Å². The van der Waals surface area contributed by atoms with Gasteiger partial charge in [0.15, 0.2) is 0 Å². The Balaban J connectivity index is 1.81. The van der Waals surface area contributed by atoms with Gasteiger partial charge in [-0.1, -0.05) is 36.8 Å². The number of rotatable bonds is 6. The summed E-state index contributed by atoms with van der Waals surface area (Å²) in [5.41, 5.74) is 0.788. The van der Waals surface area contributed by atoms with Crippen LogP contribution in [-0.4, -0.2) is 23.7 Å². The molecule has 1 aromatic rings. The zero-order valence-corrected chi connectivity index (χ0v) is 12.3. The SMILES string of the molecule is CC(NC(=O)NCC1(CC(=O)O)CCC1)c1ccccc1. The van der Waals surface area contributed by atoms with E-state index >= 15 is 0 Å². The molecule has 2 amide bonds. The van der Waals surface area contributed by atoms with Crippen molar-refractivity contribution in [3.05, 3.63) is 35.9 Å². The van der Waals surface area contributed by atoms with Crippen LogP contribution in [0.5, 0.6) is 0 Å². The number of carboxylic acid groups (broad SMARTS) is 1. The molecule has 0 spiro atoms. The van der Waals surface area contributed by atoms with E-state index in [4.69, 9.17) is 5.11 Å². The molecule has 0 bridgehead atoms. The van der Waals surface area contributed by atoms with Gasteiger partial charge in [-0.3, -0.25) is 4.79 Å². The molecule has 1 unspecified atom stereocenters. The van der Waals surface area contributed by atoms with Crippen molar-refractivity contribution in [1.29, 1.82) is 0 Å². The van der Waals surface area contributed by atoms with Crippen LogP contribution in [-0.2, 0) is 4.79 Å². The molecule has 5 heteroatoms. The zero-order valence-electron chi connectivity index (χ0n) is 12.3. The summed E-state index contributed by atoms with van der Waals surface area (Å²) in [4.78, 5) is 22.8. The third-order valence-electron chi connectivity index (χ3n) is 4.21. The van der Waals surface area contributed by atoms with Crippen molar-refractivity contribution in [3.63, 3.8) is 0 Å². The monoisotopic (exact) mass is 290 g/mol. The normalized spacial score (nSPS) is 17.4. The fourth-order valence-corrected chi connectivity index (χ4v) is 2.75. The number of aliphatic carboxylic acids is 1. The zero-order chi connectivity index (χ0) is 15.3. The Morgan fingerprint density at radius 2 is 1.95 bits per heavy atom. The number of carbonyl (C=O) groups excluding carboxylic acids is 1. The second-order valence-electron chi connectivity index (χ2n) is 5.88. The van der Waals surface area contributed by atoms with Gasteiger partial charge >= 0.3 is 12.0 Å². The summed E-state index contributed by atoms with van der Waals surface area (Å²) in [6.45, 7) is 2.35. The fourth-order valence-electron chi connectivity index (χ4n) is 2.75. The second kappa shape index (κ2) is 6.61. The average Bonchev–Trinajstić information content (AvgIpc) is 2.42. The first-order valence-corrected chi connectivity index (χ1v) is 7.32. The summed E-state index contributed by atoms with van der Waals surface area (Å²) in [7, 11) is 0. The Hall–Kier alpha value is -2.04. The minimum Gasteiger partial charge on any atom is -0.481 e. The van der Waals surface area contributed by atoms with Crippen LogP contribution < -0.4 is 10.6 Å². The number of hydrogen-bond acceptors (Lipinski definition) is 2. The van der Waals surface area contributed by atoms with E-state index in [1.54, 1.807) is 0 Å². The molecule has 0 saturated heterocycles. The van der Waals surface area contributed by atoms with E-state index in [1.165, 1.54) is 0 Å². The molecule has 5 nitrogen and oxygen atoms in total. The molecule has 1 aromatic carbocycles. The summed E-state index contributed by atoms with van der Waals surface area (Å²) in [6.07, 6.45) is 2.90. The Morgan fingerprint density at radius 1 is 1.29 bits per heavy atom. The lowest BCUT2D eigenvalue weighted by molar-refractivity contribution is -0.141. The number of carbonyl (C=O) groups is 2. The Labute approximate surface area is 124 Å². The van der Waals surface area contributed by atoms with Gasteiger partial charge in [-0.25, -0.2) is 4.79 Å². The van der Waals surface area contributed by atoms with Crippen LogP contribution in [0, 0.1) is 5.41 Å². The lowest BCUT2D eigenvalue weighted by Gasteiger charge is -2.40. The molecule has 0 aromatic heterocycles. The van der Waals surface area contributed by atoms with Crippen molar-refractivity contribution in [2.24, 2.45) is 5.41 Å². The summed E-state index contributed by atoms with van der Waals surface area (Å²) in [6, 6.07) is 9.39. The first kappa shape index (κ1) is 15.4. The van der Waals surface area contributed by atoms with Crippen LogP contribution in [0.1, 0.15) is 44.2 Å². The third-order valence-corrected chi connectivity index (χ3v) is 4.21. The van der Waals surface area contributed by atoms with Crippen LogP contribution in [0.15, 0.2) is 30.3 Å². The standard InChI is InChI=1S/C16H22N2O3/c1-12(13-6-3-2-4-7-13)18-15(21)17-11-16(8-5-9-16)10-14(19)20/h2-4,6-7,12H,5,8-11H2,1H3,(H,19,20)(H2,17,18,21). The molecule has 0 heterocycles. The highest BCUT2D eigenvalue weighted by atomic mass is 16.4. The van der Waals surface area contributed by atoms with Crippen LogP contribution >= 0.6 is 0 Å². The molecule has 1 atom stereocenters. The molecule has 114 valence electrons. The first-order chi connectivity index (χ1) is 10.0. The van der Waals surface area contributed by atoms with Crippen molar-refractivity contribution in [3.8, 4) is 0 Å². The number of amides is 2. The highest BCUT2D eigenvalue weighted by Crippen LogP contribution is 2.43. The van der Waals surface area contributed by atoms with E-state index in [0.29, 0.717) is 6.54 Å². The minimum atomic E-state index is -0.797. The van der Waals surface area contributed by atoms with E-state index in [0.717, 1.165) is 24.8 Å². The molecule has 0 radical (unpaired) electrons. The molecule has 0 aliphatic heterocycles. The van der Waals surface area contributed by atoms with E-state index in [-0.39, 0.29) is 23.9 Å². The van der Waals surface area contributed by atoms with Gasteiger partial charge in [0.25, 0.3) is 0 Å². The van der Waals surface area contributed by atoms with Crippen LogP contribution in [0.2, 0.25) is 0 Å². The molecule has 3 N–H and O–H groups in total. The van der Waals surface area contributed by atoms with Crippen molar-refractivity contribution >= 4 is 12.0 Å². The summed E-state index contributed by atoms with van der Waals surface area (Å²) in [5, 5.41) is 14.6. The molecule has 21 heavy (non-hydrogen) atoms. The topological polar surface area (TPSA) is 78.4 Å². The van der Waals surface area contributed by atoms with Crippen molar-refractivity contribution < 1.29 is 14.7 Å². The molecule has 1 aliphatic carbocycles. The molecule has 1 aliphatic rings. The van der Waals surface area contributed by atoms with E-state index in [1.807, 2.05) is 37.3 Å². The quantitative estimate of drug-likeness (QED) is 0.753. The maximum Gasteiger partial charge on any atom is 0.315 e. The smallest absolute Gasteiger partial charge is 0.315 e. The van der Waals surface area contributed by atoms with E-state index < -0.39 is 5.97 Å². The van der Waals surface area contributed by atoms with Crippen molar-refractivity contribution in [2.75, 3.05) is 6.54 Å². The number of urea groups is 1. The van der Waals surface area contributed by atoms with Gasteiger partial charge in [0.2, 0.25) is 0 Å². The third kappa shape index (κ3) is 4.21. The van der Waals surface area contributed by atoms with Gasteiger partial charge in [-0.2, -0.15) is 0 Å². The number of benzene rings is 1. The van der Waals surface area contributed by atoms with Gasteiger partial charge in [-0.05, 0) is 30.7 Å². The van der Waals surface area contributed by atoms with Crippen molar-refractivity contribution in [2.45, 2.75) is 38.6 Å². The Kier molecular flexibility index (Phi) is 4.83. The summed E-state index contributed by atoms with van der Waals surface area (Å²) < 4.78 is 0. The highest BCUT2D eigenvalue weighted by molar-refractivity contribution is 5.74. The molecule has 1 fully saturated rings. The van der Waals surface area contributed by atoms with Crippen LogP contribution in [0.4, 0.5) is 4.79 Å². The van der Waals surface area contributed by atoms with E-state index in [2.05, 4.69) is 10.6 Å². The fraction of sp³-hybridized carbons (Fsp3) is 0.500. The number of hydrogen-bond donors (Lipinski definition) is 3. The number of carboxylic acids is 1. The van der Waals surface area contributed by atoms with Crippen molar-refractivity contribution in [1.82, 2.24) is 10.6 Å².